The van der Waals surface area contributed by atoms with Gasteiger partial charge in [0.1, 0.15) is 5.82 Å². The molecule has 0 aliphatic carbocycles. The van der Waals surface area contributed by atoms with Gasteiger partial charge in [0.2, 0.25) is 5.75 Å². The average Bonchev–Trinajstić information content (AvgIpc) is 3.03. The van der Waals surface area contributed by atoms with Crippen molar-refractivity contribution in [1.29, 1.82) is 0 Å². The molecule has 0 atom stereocenters. The standard InChI is InChI=1S/C19H20FN3O4/c1-4-10-5-12-13(7-21-10)23(19(2)8-27-9-19)18(22-12)11-6-14(26-3)16(24)17(25)15(11)20/h5-7,24-25H,4,8-9H2,1-3H3. The number of aromatic nitrogens is 3. The number of imidazole rings is 1. The van der Waals surface area contributed by atoms with E-state index in [4.69, 9.17) is 9.47 Å². The first-order valence-corrected chi connectivity index (χ1v) is 8.64. The number of methoxy groups -OCH3 is 1. The third-order valence-corrected chi connectivity index (χ3v) is 4.96. The summed E-state index contributed by atoms with van der Waals surface area (Å²) in [4.78, 5) is 9.07. The molecule has 27 heavy (non-hydrogen) atoms. The molecule has 0 saturated carbocycles. The molecule has 4 rings (SSSR count). The number of ether oxygens (including phenoxy) is 2. The molecule has 0 spiro atoms. The highest BCUT2D eigenvalue weighted by atomic mass is 19.1. The Bertz CT molecular complexity index is 1040. The summed E-state index contributed by atoms with van der Waals surface area (Å²) in [5, 5.41) is 19.9. The van der Waals surface area contributed by atoms with Crippen molar-refractivity contribution in [2.75, 3.05) is 20.3 Å². The molecule has 1 saturated heterocycles. The number of phenolic OH excluding ortho intramolecular Hbond substituents is 2. The highest BCUT2D eigenvalue weighted by Crippen LogP contribution is 2.44. The van der Waals surface area contributed by atoms with Crippen molar-refractivity contribution in [2.45, 2.75) is 25.8 Å². The van der Waals surface area contributed by atoms with Crippen LogP contribution >= 0.6 is 0 Å². The molecule has 1 aromatic carbocycles. The second-order valence-electron chi connectivity index (χ2n) is 6.92. The van der Waals surface area contributed by atoms with E-state index in [0.717, 1.165) is 17.6 Å². The molecule has 3 aromatic rings. The van der Waals surface area contributed by atoms with Crippen molar-refractivity contribution >= 4 is 11.0 Å². The number of aryl methyl sites for hydroxylation is 1. The molecule has 2 aromatic heterocycles. The van der Waals surface area contributed by atoms with E-state index in [-0.39, 0.29) is 11.3 Å². The van der Waals surface area contributed by atoms with Crippen LogP contribution in [-0.4, -0.2) is 45.1 Å². The lowest BCUT2D eigenvalue weighted by molar-refractivity contribution is -0.0868. The van der Waals surface area contributed by atoms with Gasteiger partial charge in [0, 0.05) is 5.69 Å². The van der Waals surface area contributed by atoms with E-state index in [0.29, 0.717) is 24.6 Å². The molecule has 0 amide bonds. The summed E-state index contributed by atoms with van der Waals surface area (Å²) < 4.78 is 27.2. The van der Waals surface area contributed by atoms with Gasteiger partial charge in [0.25, 0.3) is 0 Å². The van der Waals surface area contributed by atoms with Gasteiger partial charge in [-0.3, -0.25) is 4.98 Å². The highest BCUT2D eigenvalue weighted by molar-refractivity contribution is 5.82. The van der Waals surface area contributed by atoms with E-state index in [1.54, 1.807) is 6.20 Å². The zero-order valence-electron chi connectivity index (χ0n) is 15.3. The number of phenols is 2. The number of benzene rings is 1. The van der Waals surface area contributed by atoms with Crippen LogP contribution in [0.2, 0.25) is 0 Å². The Morgan fingerprint density at radius 1 is 1.30 bits per heavy atom. The maximum Gasteiger partial charge on any atom is 0.203 e. The monoisotopic (exact) mass is 373 g/mol. The van der Waals surface area contributed by atoms with Crippen LogP contribution in [0.5, 0.6) is 17.2 Å². The lowest BCUT2D eigenvalue weighted by Crippen LogP contribution is -2.49. The van der Waals surface area contributed by atoms with Crippen LogP contribution in [0.4, 0.5) is 4.39 Å². The number of hydrogen-bond donors (Lipinski definition) is 2. The molecule has 1 fully saturated rings. The summed E-state index contributed by atoms with van der Waals surface area (Å²) in [5.41, 5.74) is 1.91. The Balaban J connectivity index is 2.05. The first-order chi connectivity index (χ1) is 12.9. The number of rotatable bonds is 4. The van der Waals surface area contributed by atoms with Crippen LogP contribution in [0.15, 0.2) is 18.3 Å². The molecule has 0 unspecified atom stereocenters. The minimum Gasteiger partial charge on any atom is -0.502 e. The zero-order valence-corrected chi connectivity index (χ0v) is 15.3. The van der Waals surface area contributed by atoms with Crippen LogP contribution in [0.3, 0.4) is 0 Å². The predicted molar refractivity (Wildman–Crippen MR) is 96.6 cm³/mol. The van der Waals surface area contributed by atoms with Gasteiger partial charge in [-0.25, -0.2) is 9.37 Å². The Labute approximate surface area is 155 Å². The van der Waals surface area contributed by atoms with Crippen LogP contribution in [0, 0.1) is 5.82 Å². The second kappa shape index (κ2) is 6.09. The number of hydrogen-bond acceptors (Lipinski definition) is 6. The van der Waals surface area contributed by atoms with Crippen molar-refractivity contribution in [3.8, 4) is 28.6 Å². The van der Waals surface area contributed by atoms with Crippen molar-refractivity contribution in [3.63, 3.8) is 0 Å². The van der Waals surface area contributed by atoms with Gasteiger partial charge in [-0.05, 0) is 25.5 Å². The van der Waals surface area contributed by atoms with Crippen LogP contribution in [-0.2, 0) is 16.7 Å². The maximum absolute atomic E-state index is 14.9. The summed E-state index contributed by atoms with van der Waals surface area (Å²) >= 11 is 0. The Hall–Kier alpha value is -2.87. The molecular formula is C19H20FN3O4. The summed E-state index contributed by atoms with van der Waals surface area (Å²) in [7, 11) is 1.33. The predicted octanol–water partition coefficient (Wildman–Crippen LogP) is 2.97. The normalized spacial score (nSPS) is 15.7. The number of aromatic hydroxyl groups is 2. The molecule has 1 aliphatic heterocycles. The number of nitrogens with zero attached hydrogens (tertiary/aromatic N) is 3. The van der Waals surface area contributed by atoms with Gasteiger partial charge in [-0.15, -0.1) is 0 Å². The van der Waals surface area contributed by atoms with E-state index in [9.17, 15) is 14.6 Å². The summed E-state index contributed by atoms with van der Waals surface area (Å²) in [6.45, 7) is 4.88. The summed E-state index contributed by atoms with van der Waals surface area (Å²) in [5.74, 6) is -2.20. The maximum atomic E-state index is 14.9. The van der Waals surface area contributed by atoms with Gasteiger partial charge in [0.05, 0.1) is 48.7 Å². The van der Waals surface area contributed by atoms with Gasteiger partial charge >= 0.3 is 0 Å². The first-order valence-electron chi connectivity index (χ1n) is 8.64. The Morgan fingerprint density at radius 3 is 2.63 bits per heavy atom. The Kier molecular flexibility index (Phi) is 3.96. The Morgan fingerprint density at radius 2 is 2.04 bits per heavy atom. The zero-order chi connectivity index (χ0) is 19.3. The van der Waals surface area contributed by atoms with Crippen molar-refractivity contribution in [3.05, 3.63) is 29.8 Å². The molecule has 7 nitrogen and oxygen atoms in total. The van der Waals surface area contributed by atoms with Gasteiger partial charge in [-0.2, -0.15) is 0 Å². The minimum absolute atomic E-state index is 0.0320. The van der Waals surface area contributed by atoms with E-state index in [1.807, 2.05) is 24.5 Å². The summed E-state index contributed by atoms with van der Waals surface area (Å²) in [6, 6.07) is 3.20. The fourth-order valence-corrected chi connectivity index (χ4v) is 3.40. The van der Waals surface area contributed by atoms with E-state index in [2.05, 4.69) is 9.97 Å². The third-order valence-electron chi connectivity index (χ3n) is 4.96. The van der Waals surface area contributed by atoms with Crippen LogP contribution in [0.1, 0.15) is 19.5 Å². The lowest BCUT2D eigenvalue weighted by atomic mass is 9.99. The average molecular weight is 373 g/mol. The molecule has 0 bridgehead atoms. The minimum atomic E-state index is -0.961. The van der Waals surface area contributed by atoms with Crippen LogP contribution in [0.25, 0.3) is 22.4 Å². The van der Waals surface area contributed by atoms with E-state index in [1.165, 1.54) is 13.2 Å². The number of halogens is 1. The third kappa shape index (κ3) is 2.51. The molecular weight excluding hydrogens is 353 g/mol. The van der Waals surface area contributed by atoms with Crippen molar-refractivity contribution in [2.24, 2.45) is 0 Å². The van der Waals surface area contributed by atoms with Gasteiger partial charge in [-0.1, -0.05) is 6.92 Å². The fraction of sp³-hybridized carbons (Fsp3) is 0.368. The van der Waals surface area contributed by atoms with Crippen molar-refractivity contribution < 1.29 is 24.1 Å². The summed E-state index contributed by atoms with van der Waals surface area (Å²) in [6.07, 6.45) is 2.48. The molecule has 2 N–H and O–H groups in total. The lowest BCUT2D eigenvalue weighted by Gasteiger charge is -2.40. The van der Waals surface area contributed by atoms with Gasteiger partial charge in [0.15, 0.2) is 17.3 Å². The number of fused-ring (bicyclic) bond motifs is 1. The van der Waals surface area contributed by atoms with Gasteiger partial charge < -0.3 is 24.3 Å². The van der Waals surface area contributed by atoms with Crippen LogP contribution < -0.4 is 4.74 Å². The van der Waals surface area contributed by atoms with Crippen molar-refractivity contribution in [1.82, 2.24) is 14.5 Å². The fourth-order valence-electron chi connectivity index (χ4n) is 3.40. The SMILES string of the molecule is CCc1cc2nc(-c3cc(OC)c(O)c(O)c3F)n(C3(C)COC3)c2cn1. The molecule has 3 heterocycles. The first kappa shape index (κ1) is 17.5. The number of pyridine rings is 1. The quantitative estimate of drug-likeness (QED) is 0.684. The molecule has 0 radical (unpaired) electrons. The van der Waals surface area contributed by atoms with E-state index < -0.39 is 22.9 Å². The molecule has 1 aliphatic rings. The largest absolute Gasteiger partial charge is 0.502 e. The topological polar surface area (TPSA) is 89.6 Å². The smallest absolute Gasteiger partial charge is 0.203 e. The van der Waals surface area contributed by atoms with E-state index >= 15 is 0 Å². The molecule has 142 valence electrons. The highest BCUT2D eigenvalue weighted by Gasteiger charge is 2.39. The molecule has 8 heteroatoms. The second-order valence-corrected chi connectivity index (χ2v) is 6.92.